The van der Waals surface area contributed by atoms with E-state index >= 15 is 0 Å². The Bertz CT molecular complexity index is 408. The van der Waals surface area contributed by atoms with Crippen LogP contribution in [0.15, 0.2) is 12.2 Å². The molecule has 1 aliphatic heterocycles. The molecule has 5 heteroatoms. The third-order valence-corrected chi connectivity index (χ3v) is 4.64. The number of nitrogens with zero attached hydrogens (tertiary/aromatic N) is 1. The maximum absolute atomic E-state index is 12.3. The summed E-state index contributed by atoms with van der Waals surface area (Å²) in [7, 11) is 2.09. The second kappa shape index (κ2) is 6.39. The van der Waals surface area contributed by atoms with Crippen molar-refractivity contribution in [1.29, 1.82) is 0 Å². The van der Waals surface area contributed by atoms with Crippen molar-refractivity contribution in [1.82, 2.24) is 10.2 Å². The van der Waals surface area contributed by atoms with Crippen LogP contribution in [0, 0.1) is 11.8 Å². The summed E-state index contributed by atoms with van der Waals surface area (Å²) >= 11 is 0. The lowest BCUT2D eigenvalue weighted by molar-refractivity contribution is -0.147. The minimum absolute atomic E-state index is 0.0940. The summed E-state index contributed by atoms with van der Waals surface area (Å²) in [5.41, 5.74) is 0. The van der Waals surface area contributed by atoms with Crippen molar-refractivity contribution in [2.45, 2.75) is 44.7 Å². The van der Waals surface area contributed by atoms with Crippen molar-refractivity contribution in [3.05, 3.63) is 12.2 Å². The number of nitrogens with one attached hydrogen (secondary N) is 1. The number of allylic oxidation sites excluding steroid dienone is 2. The van der Waals surface area contributed by atoms with Gasteiger partial charge in [0.15, 0.2) is 0 Å². The number of likely N-dealkylation sites (tertiary alicyclic amines) is 1. The molecule has 5 nitrogen and oxygen atoms in total. The smallest absolute Gasteiger partial charge is 0.307 e. The van der Waals surface area contributed by atoms with Crippen molar-refractivity contribution in [2.75, 3.05) is 13.6 Å². The number of piperidine rings is 1. The SMILES string of the molecule is CC1CC(NC(=O)C2CC=CCC2C(=O)O)CCN1C. The Kier molecular flexibility index (Phi) is 4.81. The number of hydrogen-bond donors (Lipinski definition) is 2. The highest BCUT2D eigenvalue weighted by Gasteiger charge is 2.35. The van der Waals surface area contributed by atoms with E-state index in [1.165, 1.54) is 0 Å². The van der Waals surface area contributed by atoms with Gasteiger partial charge in [0.1, 0.15) is 0 Å². The summed E-state index contributed by atoms with van der Waals surface area (Å²) < 4.78 is 0. The van der Waals surface area contributed by atoms with Crippen LogP contribution in [-0.4, -0.2) is 47.6 Å². The zero-order chi connectivity index (χ0) is 14.7. The monoisotopic (exact) mass is 280 g/mol. The average molecular weight is 280 g/mol. The van der Waals surface area contributed by atoms with Crippen LogP contribution in [0.3, 0.4) is 0 Å². The van der Waals surface area contributed by atoms with E-state index in [9.17, 15) is 14.7 Å². The molecule has 0 radical (unpaired) electrons. The van der Waals surface area contributed by atoms with Gasteiger partial charge in [-0.2, -0.15) is 0 Å². The van der Waals surface area contributed by atoms with Gasteiger partial charge in [0.05, 0.1) is 11.8 Å². The molecule has 0 aromatic rings. The zero-order valence-corrected chi connectivity index (χ0v) is 12.2. The molecular weight excluding hydrogens is 256 g/mol. The van der Waals surface area contributed by atoms with Crippen LogP contribution < -0.4 is 5.32 Å². The largest absolute Gasteiger partial charge is 0.481 e. The van der Waals surface area contributed by atoms with Crippen LogP contribution in [0.1, 0.15) is 32.6 Å². The number of carbonyl (C=O) groups excluding carboxylic acids is 1. The molecule has 1 amide bonds. The van der Waals surface area contributed by atoms with Crippen molar-refractivity contribution < 1.29 is 14.7 Å². The van der Waals surface area contributed by atoms with E-state index in [2.05, 4.69) is 24.2 Å². The second-order valence-corrected chi connectivity index (χ2v) is 6.05. The normalized spacial score (nSPS) is 34.7. The first-order valence-electron chi connectivity index (χ1n) is 7.37. The molecule has 1 saturated heterocycles. The van der Waals surface area contributed by atoms with Crippen molar-refractivity contribution in [3.63, 3.8) is 0 Å². The number of rotatable bonds is 3. The number of carbonyl (C=O) groups is 2. The highest BCUT2D eigenvalue weighted by atomic mass is 16.4. The quantitative estimate of drug-likeness (QED) is 0.763. The van der Waals surface area contributed by atoms with Gasteiger partial charge in [-0.05, 0) is 39.7 Å². The Morgan fingerprint density at radius 3 is 2.50 bits per heavy atom. The summed E-state index contributed by atoms with van der Waals surface area (Å²) in [5, 5.41) is 12.3. The van der Waals surface area contributed by atoms with Gasteiger partial charge in [0, 0.05) is 18.6 Å². The highest BCUT2D eigenvalue weighted by molar-refractivity contribution is 5.85. The van der Waals surface area contributed by atoms with Crippen LogP contribution >= 0.6 is 0 Å². The molecule has 1 heterocycles. The van der Waals surface area contributed by atoms with Gasteiger partial charge in [-0.15, -0.1) is 0 Å². The standard InChI is InChI=1S/C15H24N2O3/c1-10-9-11(7-8-17(10)2)16-14(18)12-5-3-4-6-13(12)15(19)20/h3-4,10-13H,5-9H2,1-2H3,(H,16,18)(H,19,20). The van der Waals surface area contributed by atoms with Crippen molar-refractivity contribution >= 4 is 11.9 Å². The third-order valence-electron chi connectivity index (χ3n) is 4.64. The lowest BCUT2D eigenvalue weighted by Gasteiger charge is -2.36. The number of amides is 1. The molecule has 1 fully saturated rings. The fourth-order valence-corrected chi connectivity index (χ4v) is 3.11. The van der Waals surface area contributed by atoms with E-state index in [0.717, 1.165) is 19.4 Å². The lowest BCUT2D eigenvalue weighted by Crippen LogP contribution is -2.50. The van der Waals surface area contributed by atoms with Gasteiger partial charge in [-0.3, -0.25) is 9.59 Å². The van der Waals surface area contributed by atoms with Crippen molar-refractivity contribution in [2.24, 2.45) is 11.8 Å². The van der Waals surface area contributed by atoms with E-state index in [0.29, 0.717) is 18.9 Å². The maximum Gasteiger partial charge on any atom is 0.307 e. The van der Waals surface area contributed by atoms with Crippen LogP contribution in [0.25, 0.3) is 0 Å². The summed E-state index contributed by atoms with van der Waals surface area (Å²) in [6, 6.07) is 0.629. The number of carboxylic acid groups (broad SMARTS) is 1. The first-order valence-corrected chi connectivity index (χ1v) is 7.37. The van der Waals surface area contributed by atoms with E-state index in [-0.39, 0.29) is 11.9 Å². The van der Waals surface area contributed by atoms with Crippen LogP contribution in [-0.2, 0) is 9.59 Å². The van der Waals surface area contributed by atoms with Gasteiger partial charge >= 0.3 is 5.97 Å². The minimum Gasteiger partial charge on any atom is -0.481 e. The predicted molar refractivity (Wildman–Crippen MR) is 76.2 cm³/mol. The Labute approximate surface area is 120 Å². The maximum atomic E-state index is 12.3. The van der Waals surface area contributed by atoms with Crippen LogP contribution in [0.4, 0.5) is 0 Å². The first kappa shape index (κ1) is 15.0. The molecule has 0 aromatic heterocycles. The molecule has 4 unspecified atom stereocenters. The number of hydrogen-bond acceptors (Lipinski definition) is 3. The van der Waals surface area contributed by atoms with Gasteiger partial charge in [0.2, 0.25) is 5.91 Å². The fraction of sp³-hybridized carbons (Fsp3) is 0.733. The number of aliphatic carboxylic acids is 1. The van der Waals surface area contributed by atoms with E-state index in [1.807, 2.05) is 12.2 Å². The summed E-state index contributed by atoms with van der Waals surface area (Å²) in [6.45, 7) is 3.13. The first-order chi connectivity index (χ1) is 9.49. The topological polar surface area (TPSA) is 69.6 Å². The van der Waals surface area contributed by atoms with E-state index in [1.54, 1.807) is 0 Å². The zero-order valence-electron chi connectivity index (χ0n) is 12.2. The Morgan fingerprint density at radius 1 is 1.25 bits per heavy atom. The van der Waals surface area contributed by atoms with Crippen molar-refractivity contribution in [3.8, 4) is 0 Å². The lowest BCUT2D eigenvalue weighted by atomic mass is 9.82. The molecule has 0 spiro atoms. The van der Waals surface area contributed by atoms with E-state index in [4.69, 9.17) is 0 Å². The molecule has 2 N–H and O–H groups in total. The third kappa shape index (κ3) is 3.39. The molecule has 20 heavy (non-hydrogen) atoms. The predicted octanol–water partition coefficient (Wildman–Crippen LogP) is 1.25. The Hall–Kier alpha value is -1.36. The fourth-order valence-electron chi connectivity index (χ4n) is 3.11. The van der Waals surface area contributed by atoms with Gasteiger partial charge in [0.25, 0.3) is 0 Å². The minimum atomic E-state index is -0.869. The average Bonchev–Trinajstić information content (AvgIpc) is 2.43. The van der Waals surface area contributed by atoms with Gasteiger partial charge < -0.3 is 15.3 Å². The van der Waals surface area contributed by atoms with Crippen LogP contribution in [0.2, 0.25) is 0 Å². The molecular formula is C15H24N2O3. The molecule has 0 saturated carbocycles. The molecule has 112 valence electrons. The summed E-state index contributed by atoms with van der Waals surface area (Å²) in [4.78, 5) is 25.9. The highest BCUT2D eigenvalue weighted by Crippen LogP contribution is 2.27. The van der Waals surface area contributed by atoms with Gasteiger partial charge in [-0.25, -0.2) is 0 Å². The molecule has 4 atom stereocenters. The Balaban J connectivity index is 1.94. The molecule has 0 aromatic carbocycles. The summed E-state index contributed by atoms with van der Waals surface area (Å²) in [6.07, 6.45) is 6.64. The molecule has 2 rings (SSSR count). The Morgan fingerprint density at radius 2 is 1.90 bits per heavy atom. The number of carboxylic acids is 1. The van der Waals surface area contributed by atoms with Gasteiger partial charge in [-0.1, -0.05) is 12.2 Å². The second-order valence-electron chi connectivity index (χ2n) is 6.05. The summed E-state index contributed by atoms with van der Waals surface area (Å²) in [5.74, 6) is -1.97. The molecule has 1 aliphatic carbocycles. The molecule has 2 aliphatic rings. The van der Waals surface area contributed by atoms with Crippen LogP contribution in [0.5, 0.6) is 0 Å². The molecule has 0 bridgehead atoms. The van der Waals surface area contributed by atoms with E-state index < -0.39 is 17.8 Å².